The smallest absolute Gasteiger partial charge is 0.324 e. The SMILES string of the molecule is O=C(O)CN(c1ccc2c(c1)OCCO2)S(=O)(=O)c1ccc(Cl)cc1. The number of sulfonamides is 1. The lowest BCUT2D eigenvalue weighted by atomic mass is 10.2. The van der Waals surface area contributed by atoms with Crippen molar-refractivity contribution in [3.05, 3.63) is 47.5 Å². The molecule has 1 heterocycles. The van der Waals surface area contributed by atoms with E-state index >= 15 is 0 Å². The molecule has 0 aliphatic carbocycles. The third kappa shape index (κ3) is 3.64. The van der Waals surface area contributed by atoms with Gasteiger partial charge in [0.25, 0.3) is 10.0 Å². The van der Waals surface area contributed by atoms with Crippen LogP contribution in [-0.2, 0) is 14.8 Å². The summed E-state index contributed by atoms with van der Waals surface area (Å²) in [7, 11) is -4.09. The minimum absolute atomic E-state index is 0.0620. The lowest BCUT2D eigenvalue weighted by molar-refractivity contribution is -0.135. The van der Waals surface area contributed by atoms with Crippen LogP contribution in [0.2, 0.25) is 5.02 Å². The second-order valence-corrected chi connectivity index (χ2v) is 7.49. The number of carboxylic acids is 1. The van der Waals surface area contributed by atoms with Gasteiger partial charge in [0.05, 0.1) is 10.6 Å². The Morgan fingerprint density at radius 1 is 1.08 bits per heavy atom. The first-order chi connectivity index (χ1) is 11.9. The monoisotopic (exact) mass is 383 g/mol. The maximum absolute atomic E-state index is 12.9. The molecule has 1 aliphatic rings. The molecular formula is C16H14ClNO6S. The molecule has 9 heteroatoms. The van der Waals surface area contributed by atoms with Crippen molar-refractivity contribution >= 4 is 33.3 Å². The second kappa shape index (κ2) is 6.81. The van der Waals surface area contributed by atoms with Crippen LogP contribution in [0.15, 0.2) is 47.4 Å². The number of hydrogen-bond acceptors (Lipinski definition) is 5. The van der Waals surface area contributed by atoms with E-state index in [1.165, 1.54) is 36.4 Å². The van der Waals surface area contributed by atoms with Crippen molar-refractivity contribution in [1.29, 1.82) is 0 Å². The van der Waals surface area contributed by atoms with Gasteiger partial charge in [-0.05, 0) is 36.4 Å². The largest absolute Gasteiger partial charge is 0.486 e. The van der Waals surface area contributed by atoms with Crippen LogP contribution in [0, 0.1) is 0 Å². The first kappa shape index (κ1) is 17.4. The molecule has 1 aliphatic heterocycles. The second-order valence-electron chi connectivity index (χ2n) is 5.19. The molecule has 0 unspecified atom stereocenters. The molecule has 0 radical (unpaired) electrons. The first-order valence-electron chi connectivity index (χ1n) is 7.28. The molecule has 25 heavy (non-hydrogen) atoms. The summed E-state index contributed by atoms with van der Waals surface area (Å²) in [4.78, 5) is 11.2. The number of anilines is 1. The van der Waals surface area contributed by atoms with Crippen LogP contribution in [0.4, 0.5) is 5.69 Å². The van der Waals surface area contributed by atoms with Crippen molar-refractivity contribution in [1.82, 2.24) is 0 Å². The van der Waals surface area contributed by atoms with Gasteiger partial charge in [-0.25, -0.2) is 8.42 Å². The normalized spacial score (nSPS) is 13.3. The molecule has 0 spiro atoms. The third-order valence-corrected chi connectivity index (χ3v) is 5.53. The highest BCUT2D eigenvalue weighted by atomic mass is 35.5. The van der Waals surface area contributed by atoms with E-state index in [1.54, 1.807) is 6.07 Å². The van der Waals surface area contributed by atoms with Gasteiger partial charge >= 0.3 is 5.97 Å². The molecule has 0 amide bonds. The number of ether oxygens (including phenoxy) is 2. The van der Waals surface area contributed by atoms with E-state index < -0.39 is 22.5 Å². The van der Waals surface area contributed by atoms with Crippen molar-refractivity contribution in [3.63, 3.8) is 0 Å². The fourth-order valence-corrected chi connectivity index (χ4v) is 3.89. The Hall–Kier alpha value is -2.45. The van der Waals surface area contributed by atoms with Crippen LogP contribution in [0.5, 0.6) is 11.5 Å². The van der Waals surface area contributed by atoms with Crippen molar-refractivity contribution in [2.45, 2.75) is 4.90 Å². The van der Waals surface area contributed by atoms with E-state index in [1.807, 2.05) is 0 Å². The highest BCUT2D eigenvalue weighted by molar-refractivity contribution is 7.92. The zero-order chi connectivity index (χ0) is 18.0. The number of benzene rings is 2. The standard InChI is InChI=1S/C16H14ClNO6S/c17-11-1-4-13(5-2-11)25(21,22)18(10-16(19)20)12-3-6-14-15(9-12)24-8-7-23-14/h1-6,9H,7-8,10H2,(H,19,20). The summed E-state index contributed by atoms with van der Waals surface area (Å²) in [5.74, 6) is -0.438. The van der Waals surface area contributed by atoms with Crippen molar-refractivity contribution in [3.8, 4) is 11.5 Å². The molecule has 0 bridgehead atoms. The van der Waals surface area contributed by atoms with Crippen molar-refractivity contribution < 1.29 is 27.8 Å². The van der Waals surface area contributed by atoms with E-state index in [-0.39, 0.29) is 10.6 Å². The Morgan fingerprint density at radius 2 is 1.72 bits per heavy atom. The van der Waals surface area contributed by atoms with Gasteiger partial charge in [-0.15, -0.1) is 0 Å². The van der Waals surface area contributed by atoms with Crippen molar-refractivity contribution in [2.24, 2.45) is 0 Å². The molecule has 0 saturated heterocycles. The average molecular weight is 384 g/mol. The number of nitrogens with zero attached hydrogens (tertiary/aromatic N) is 1. The summed E-state index contributed by atoms with van der Waals surface area (Å²) in [6.07, 6.45) is 0. The fourth-order valence-electron chi connectivity index (χ4n) is 2.36. The summed E-state index contributed by atoms with van der Waals surface area (Å²) in [5, 5.41) is 9.53. The van der Waals surface area contributed by atoms with Crippen LogP contribution < -0.4 is 13.8 Å². The number of rotatable bonds is 5. The molecule has 7 nitrogen and oxygen atoms in total. The zero-order valence-electron chi connectivity index (χ0n) is 12.9. The Balaban J connectivity index is 2.05. The summed E-state index contributed by atoms with van der Waals surface area (Å²) in [6, 6.07) is 9.98. The molecular weight excluding hydrogens is 370 g/mol. The lowest BCUT2D eigenvalue weighted by Crippen LogP contribution is -2.35. The first-order valence-corrected chi connectivity index (χ1v) is 9.09. The predicted molar refractivity (Wildman–Crippen MR) is 91.1 cm³/mol. The quantitative estimate of drug-likeness (QED) is 0.852. The van der Waals surface area contributed by atoms with E-state index in [0.717, 1.165) is 4.31 Å². The summed E-state index contributed by atoms with van der Waals surface area (Å²) >= 11 is 5.79. The maximum Gasteiger partial charge on any atom is 0.324 e. The maximum atomic E-state index is 12.9. The minimum atomic E-state index is -4.09. The van der Waals surface area contributed by atoms with Gasteiger partial charge in [0, 0.05) is 11.1 Å². The molecule has 0 saturated carbocycles. The minimum Gasteiger partial charge on any atom is -0.486 e. The molecule has 2 aromatic rings. The number of halogens is 1. The van der Waals surface area contributed by atoms with Gasteiger partial charge in [-0.1, -0.05) is 11.6 Å². The van der Waals surface area contributed by atoms with E-state index in [0.29, 0.717) is 29.7 Å². The molecule has 2 aromatic carbocycles. The number of carboxylic acid groups (broad SMARTS) is 1. The fraction of sp³-hybridized carbons (Fsp3) is 0.188. The Morgan fingerprint density at radius 3 is 2.36 bits per heavy atom. The number of carbonyl (C=O) groups is 1. The molecule has 132 valence electrons. The molecule has 0 fully saturated rings. The average Bonchev–Trinajstić information content (AvgIpc) is 2.59. The van der Waals surface area contributed by atoms with Crippen LogP contribution in [0.25, 0.3) is 0 Å². The van der Waals surface area contributed by atoms with E-state index in [4.69, 9.17) is 26.2 Å². The molecule has 3 rings (SSSR count). The Bertz CT molecular complexity index is 897. The number of hydrogen-bond donors (Lipinski definition) is 1. The van der Waals surface area contributed by atoms with E-state index in [2.05, 4.69) is 0 Å². The predicted octanol–water partition coefficient (Wildman–Crippen LogP) is 2.39. The van der Waals surface area contributed by atoms with E-state index in [9.17, 15) is 13.2 Å². The highest BCUT2D eigenvalue weighted by Crippen LogP contribution is 2.35. The summed E-state index contributed by atoms with van der Waals surface area (Å²) < 4.78 is 37.4. The van der Waals surface area contributed by atoms with Crippen molar-refractivity contribution in [2.75, 3.05) is 24.1 Å². The van der Waals surface area contributed by atoms with Crippen LogP contribution in [0.3, 0.4) is 0 Å². The van der Waals surface area contributed by atoms with Crippen LogP contribution >= 0.6 is 11.6 Å². The highest BCUT2D eigenvalue weighted by Gasteiger charge is 2.28. The Labute approximate surface area is 149 Å². The molecule has 0 atom stereocenters. The zero-order valence-corrected chi connectivity index (χ0v) is 14.5. The summed E-state index contributed by atoms with van der Waals surface area (Å²) in [6.45, 7) is -0.00180. The number of aliphatic carboxylic acids is 1. The number of fused-ring (bicyclic) bond motifs is 1. The van der Waals surface area contributed by atoms with Gasteiger partial charge in [0.15, 0.2) is 11.5 Å². The van der Waals surface area contributed by atoms with Gasteiger partial charge < -0.3 is 14.6 Å². The molecule has 0 aromatic heterocycles. The van der Waals surface area contributed by atoms with Crippen LogP contribution in [0.1, 0.15) is 0 Å². The van der Waals surface area contributed by atoms with Gasteiger partial charge in [-0.3, -0.25) is 9.10 Å². The topological polar surface area (TPSA) is 93.1 Å². The molecule has 1 N–H and O–H groups in total. The lowest BCUT2D eigenvalue weighted by Gasteiger charge is -2.25. The third-order valence-electron chi connectivity index (χ3n) is 3.49. The Kier molecular flexibility index (Phi) is 4.73. The van der Waals surface area contributed by atoms with Crippen LogP contribution in [-0.4, -0.2) is 39.3 Å². The summed E-state index contributed by atoms with van der Waals surface area (Å²) in [5.41, 5.74) is 0.168. The van der Waals surface area contributed by atoms with Gasteiger partial charge in [-0.2, -0.15) is 0 Å². The van der Waals surface area contributed by atoms with Gasteiger partial charge in [0.1, 0.15) is 19.8 Å². The van der Waals surface area contributed by atoms with Gasteiger partial charge in [0.2, 0.25) is 0 Å².